The number of likely N-dealkylation sites (tertiary alicyclic amines) is 1. The summed E-state index contributed by atoms with van der Waals surface area (Å²) in [7, 11) is 2.26. The van der Waals surface area contributed by atoms with Crippen LogP contribution in [0.25, 0.3) is 0 Å². The first-order chi connectivity index (χ1) is 9.05. The minimum Gasteiger partial charge on any atom is -0.329 e. The summed E-state index contributed by atoms with van der Waals surface area (Å²) in [5.74, 6) is 0. The van der Waals surface area contributed by atoms with Crippen LogP contribution in [0.5, 0.6) is 0 Å². The highest BCUT2D eigenvalue weighted by atomic mass is 15.4. The summed E-state index contributed by atoms with van der Waals surface area (Å²) in [4.78, 5) is 7.92. The van der Waals surface area contributed by atoms with Crippen molar-refractivity contribution in [3.8, 4) is 0 Å². The van der Waals surface area contributed by atoms with Gasteiger partial charge in [0.15, 0.2) is 0 Å². The molecule has 0 aromatic carbocycles. The molecule has 3 aliphatic rings. The predicted octanol–water partition coefficient (Wildman–Crippen LogP) is 0.576. The Morgan fingerprint density at radius 3 is 2.32 bits per heavy atom. The zero-order chi connectivity index (χ0) is 13.6. The van der Waals surface area contributed by atoms with E-state index in [0.29, 0.717) is 12.1 Å². The average Bonchev–Trinajstić information content (AvgIpc) is 3.15. The zero-order valence-corrected chi connectivity index (χ0v) is 12.8. The van der Waals surface area contributed by atoms with Gasteiger partial charge in [-0.15, -0.1) is 0 Å². The lowest BCUT2D eigenvalue weighted by Gasteiger charge is -2.50. The molecule has 3 rings (SSSR count). The highest BCUT2D eigenvalue weighted by molar-refractivity contribution is 5.05. The molecule has 2 saturated heterocycles. The van der Waals surface area contributed by atoms with Gasteiger partial charge < -0.3 is 5.73 Å². The van der Waals surface area contributed by atoms with E-state index in [2.05, 4.69) is 35.6 Å². The Labute approximate surface area is 117 Å². The van der Waals surface area contributed by atoms with Gasteiger partial charge in [-0.25, -0.2) is 0 Å². The van der Waals surface area contributed by atoms with E-state index in [1.807, 2.05) is 0 Å². The Morgan fingerprint density at radius 1 is 1.16 bits per heavy atom. The first-order valence-electron chi connectivity index (χ1n) is 7.97. The fraction of sp³-hybridized carbons (Fsp3) is 1.00. The van der Waals surface area contributed by atoms with Crippen molar-refractivity contribution in [2.75, 3.05) is 39.8 Å². The number of hydrogen-bond donors (Lipinski definition) is 1. The molecule has 1 aliphatic carbocycles. The average molecular weight is 266 g/mol. The molecule has 3 fully saturated rings. The SMILES string of the molecule is CC1CN(C2(CN)CCN(C3CC3)C2)CC(C)N1C. The molecular formula is C15H30N4. The van der Waals surface area contributed by atoms with Crippen LogP contribution in [0.3, 0.4) is 0 Å². The van der Waals surface area contributed by atoms with E-state index in [4.69, 9.17) is 5.73 Å². The summed E-state index contributed by atoms with van der Waals surface area (Å²) in [5.41, 5.74) is 6.48. The number of hydrogen-bond acceptors (Lipinski definition) is 4. The lowest BCUT2D eigenvalue weighted by molar-refractivity contribution is -0.00612. The van der Waals surface area contributed by atoms with E-state index in [0.717, 1.165) is 12.6 Å². The van der Waals surface area contributed by atoms with Gasteiger partial charge in [-0.1, -0.05) is 0 Å². The number of likely N-dealkylation sites (N-methyl/N-ethyl adjacent to an activating group) is 1. The van der Waals surface area contributed by atoms with Crippen molar-refractivity contribution in [1.82, 2.24) is 14.7 Å². The van der Waals surface area contributed by atoms with Crippen LogP contribution in [-0.4, -0.2) is 78.1 Å². The highest BCUT2D eigenvalue weighted by Gasteiger charge is 2.47. The van der Waals surface area contributed by atoms with Gasteiger partial charge in [0.25, 0.3) is 0 Å². The molecule has 4 heteroatoms. The summed E-state index contributed by atoms with van der Waals surface area (Å²) in [6, 6.07) is 2.17. The highest BCUT2D eigenvalue weighted by Crippen LogP contribution is 2.37. The summed E-state index contributed by atoms with van der Waals surface area (Å²) >= 11 is 0. The van der Waals surface area contributed by atoms with E-state index in [-0.39, 0.29) is 5.54 Å². The van der Waals surface area contributed by atoms with Crippen molar-refractivity contribution in [3.63, 3.8) is 0 Å². The van der Waals surface area contributed by atoms with Gasteiger partial charge in [0.2, 0.25) is 0 Å². The van der Waals surface area contributed by atoms with Crippen molar-refractivity contribution < 1.29 is 0 Å². The molecule has 2 N–H and O–H groups in total. The largest absolute Gasteiger partial charge is 0.329 e. The fourth-order valence-corrected chi connectivity index (χ4v) is 3.98. The van der Waals surface area contributed by atoms with Crippen LogP contribution < -0.4 is 5.73 Å². The van der Waals surface area contributed by atoms with E-state index in [1.165, 1.54) is 45.4 Å². The first kappa shape index (κ1) is 13.8. The van der Waals surface area contributed by atoms with E-state index >= 15 is 0 Å². The molecule has 3 unspecified atom stereocenters. The molecule has 0 aromatic rings. The topological polar surface area (TPSA) is 35.7 Å². The Bertz CT molecular complexity index is 318. The molecule has 0 radical (unpaired) electrons. The molecule has 19 heavy (non-hydrogen) atoms. The summed E-state index contributed by atoms with van der Waals surface area (Å²) in [6.45, 7) is 10.3. The maximum Gasteiger partial charge on any atom is 0.0471 e. The molecule has 0 aromatic heterocycles. The quantitative estimate of drug-likeness (QED) is 0.810. The summed E-state index contributed by atoms with van der Waals surface area (Å²) in [6.07, 6.45) is 4.09. The van der Waals surface area contributed by atoms with Crippen LogP contribution in [0.4, 0.5) is 0 Å². The lowest BCUT2D eigenvalue weighted by atomic mass is 9.92. The number of nitrogens with zero attached hydrogens (tertiary/aromatic N) is 3. The minimum atomic E-state index is 0.256. The molecule has 1 saturated carbocycles. The maximum atomic E-state index is 6.23. The minimum absolute atomic E-state index is 0.256. The summed E-state index contributed by atoms with van der Waals surface area (Å²) < 4.78 is 0. The van der Waals surface area contributed by atoms with Crippen LogP contribution in [0.15, 0.2) is 0 Å². The van der Waals surface area contributed by atoms with Crippen molar-refractivity contribution in [2.45, 2.75) is 56.8 Å². The van der Waals surface area contributed by atoms with Crippen LogP contribution in [-0.2, 0) is 0 Å². The molecule has 2 aliphatic heterocycles. The summed E-state index contributed by atoms with van der Waals surface area (Å²) in [5, 5.41) is 0. The molecule has 2 heterocycles. The third-order valence-electron chi connectivity index (χ3n) is 5.84. The Balaban J connectivity index is 1.71. The smallest absolute Gasteiger partial charge is 0.0471 e. The van der Waals surface area contributed by atoms with Crippen molar-refractivity contribution in [1.29, 1.82) is 0 Å². The van der Waals surface area contributed by atoms with Gasteiger partial charge in [-0.3, -0.25) is 14.7 Å². The number of nitrogens with two attached hydrogens (primary N) is 1. The lowest BCUT2D eigenvalue weighted by Crippen LogP contribution is -2.65. The number of piperazine rings is 1. The van der Waals surface area contributed by atoms with Gasteiger partial charge in [-0.05, 0) is 40.2 Å². The second-order valence-corrected chi connectivity index (χ2v) is 7.15. The second kappa shape index (κ2) is 4.99. The van der Waals surface area contributed by atoms with Crippen LogP contribution in [0.2, 0.25) is 0 Å². The molecule has 0 bridgehead atoms. The Kier molecular flexibility index (Phi) is 3.63. The van der Waals surface area contributed by atoms with Gasteiger partial charge in [-0.2, -0.15) is 0 Å². The molecular weight excluding hydrogens is 236 g/mol. The predicted molar refractivity (Wildman–Crippen MR) is 79.3 cm³/mol. The van der Waals surface area contributed by atoms with Crippen molar-refractivity contribution >= 4 is 0 Å². The molecule has 3 atom stereocenters. The van der Waals surface area contributed by atoms with Gasteiger partial charge >= 0.3 is 0 Å². The third-order valence-corrected chi connectivity index (χ3v) is 5.84. The van der Waals surface area contributed by atoms with E-state index in [9.17, 15) is 0 Å². The van der Waals surface area contributed by atoms with E-state index < -0.39 is 0 Å². The first-order valence-corrected chi connectivity index (χ1v) is 7.97. The van der Waals surface area contributed by atoms with E-state index in [1.54, 1.807) is 0 Å². The normalized spacial score (nSPS) is 42.9. The monoisotopic (exact) mass is 266 g/mol. The van der Waals surface area contributed by atoms with Crippen LogP contribution in [0, 0.1) is 0 Å². The Morgan fingerprint density at radius 2 is 1.79 bits per heavy atom. The molecule has 4 nitrogen and oxygen atoms in total. The third kappa shape index (κ3) is 2.44. The van der Waals surface area contributed by atoms with Crippen molar-refractivity contribution in [2.24, 2.45) is 5.73 Å². The number of rotatable bonds is 3. The molecule has 0 amide bonds. The molecule has 0 spiro atoms. The van der Waals surface area contributed by atoms with Crippen LogP contribution in [0.1, 0.15) is 33.1 Å². The second-order valence-electron chi connectivity index (χ2n) is 7.15. The van der Waals surface area contributed by atoms with Gasteiger partial charge in [0.1, 0.15) is 0 Å². The fourth-order valence-electron chi connectivity index (χ4n) is 3.98. The van der Waals surface area contributed by atoms with Crippen molar-refractivity contribution in [3.05, 3.63) is 0 Å². The maximum absolute atomic E-state index is 6.23. The standard InChI is InChI=1S/C15H30N4/c1-12-8-19(9-13(2)17(12)3)15(10-16)6-7-18(11-15)14-4-5-14/h12-14H,4-11,16H2,1-3H3. The van der Waals surface area contributed by atoms with Crippen LogP contribution >= 0.6 is 0 Å². The zero-order valence-electron chi connectivity index (χ0n) is 12.8. The van der Waals surface area contributed by atoms with Gasteiger partial charge in [0.05, 0.1) is 0 Å². The molecule has 110 valence electrons. The van der Waals surface area contributed by atoms with Gasteiger partial charge in [0, 0.05) is 56.4 Å². The Hall–Kier alpha value is -0.160.